The van der Waals surface area contributed by atoms with Crippen molar-refractivity contribution in [1.82, 2.24) is 15.3 Å². The third kappa shape index (κ3) is 3.04. The summed E-state index contributed by atoms with van der Waals surface area (Å²) in [5.74, 6) is 0. The summed E-state index contributed by atoms with van der Waals surface area (Å²) in [5.41, 5.74) is -0.833. The van der Waals surface area contributed by atoms with Crippen LogP contribution in [-0.4, -0.2) is 48.4 Å². The Morgan fingerprint density at radius 1 is 1.25 bits per heavy atom. The molecule has 11 heteroatoms. The first-order chi connectivity index (χ1) is 13.4. The number of hydrogen-bond acceptors (Lipinski definition) is 7. The molecule has 2 aliphatic heterocycles. The fourth-order valence-electron chi connectivity index (χ4n) is 3.71. The van der Waals surface area contributed by atoms with Crippen molar-refractivity contribution in [3.05, 3.63) is 28.2 Å². The molecule has 2 aliphatic rings. The van der Waals surface area contributed by atoms with Crippen LogP contribution in [0.25, 0.3) is 21.7 Å². The van der Waals surface area contributed by atoms with Gasteiger partial charge in [-0.15, -0.1) is 11.3 Å². The standard InChI is InChI=1S/C17H14ClF3N4O2S/c18-11-3-10(15-22-1-2-28-15)14-13(12(11)17(19,20)21)24-16(27-14)25-4-8-6-26-7-9(5-25)23-8/h1-3,8-9,23H,4-7H2. The van der Waals surface area contributed by atoms with E-state index in [0.29, 0.717) is 36.9 Å². The molecule has 3 aromatic rings. The van der Waals surface area contributed by atoms with E-state index in [2.05, 4.69) is 15.3 Å². The number of alkyl halides is 3. The molecule has 28 heavy (non-hydrogen) atoms. The van der Waals surface area contributed by atoms with Gasteiger partial charge in [0.1, 0.15) is 16.1 Å². The van der Waals surface area contributed by atoms with Crippen molar-refractivity contribution in [2.45, 2.75) is 18.3 Å². The number of rotatable bonds is 2. The van der Waals surface area contributed by atoms with Gasteiger partial charge in [-0.05, 0) is 6.07 Å². The minimum absolute atomic E-state index is 0.0432. The normalized spacial score (nSPS) is 22.8. The molecule has 0 radical (unpaired) electrons. The van der Waals surface area contributed by atoms with E-state index < -0.39 is 16.8 Å². The number of morpholine rings is 1. The summed E-state index contributed by atoms with van der Waals surface area (Å²) in [4.78, 5) is 10.3. The van der Waals surface area contributed by atoms with Crippen LogP contribution in [0.15, 0.2) is 22.1 Å². The molecule has 2 fully saturated rings. The molecule has 0 spiro atoms. The third-order valence-corrected chi connectivity index (χ3v) is 5.92. The van der Waals surface area contributed by atoms with E-state index in [9.17, 15) is 13.2 Å². The lowest BCUT2D eigenvalue weighted by atomic mass is 10.1. The van der Waals surface area contributed by atoms with Crippen molar-refractivity contribution in [3.8, 4) is 10.6 Å². The predicted octanol–water partition coefficient (Wildman–Crippen LogP) is 3.80. The molecular weight excluding hydrogens is 417 g/mol. The highest BCUT2D eigenvalue weighted by atomic mass is 35.5. The number of hydrogen-bond donors (Lipinski definition) is 1. The van der Waals surface area contributed by atoms with Gasteiger partial charge in [0.15, 0.2) is 5.58 Å². The molecule has 2 saturated heterocycles. The molecule has 0 aliphatic carbocycles. The van der Waals surface area contributed by atoms with Gasteiger partial charge < -0.3 is 19.4 Å². The molecule has 148 valence electrons. The van der Waals surface area contributed by atoms with Crippen LogP contribution in [0.2, 0.25) is 5.02 Å². The highest BCUT2D eigenvalue weighted by Crippen LogP contribution is 2.44. The van der Waals surface area contributed by atoms with Crippen LogP contribution in [-0.2, 0) is 10.9 Å². The van der Waals surface area contributed by atoms with Crippen molar-refractivity contribution in [2.75, 3.05) is 31.2 Å². The van der Waals surface area contributed by atoms with Gasteiger partial charge in [0.2, 0.25) is 0 Å². The van der Waals surface area contributed by atoms with Crippen molar-refractivity contribution < 1.29 is 22.3 Å². The molecule has 2 atom stereocenters. The number of thiazole rings is 1. The second kappa shape index (κ2) is 6.58. The molecule has 2 unspecified atom stereocenters. The zero-order valence-electron chi connectivity index (χ0n) is 14.3. The Balaban J connectivity index is 1.67. The Morgan fingerprint density at radius 2 is 2.00 bits per heavy atom. The zero-order chi connectivity index (χ0) is 19.5. The number of nitrogens with one attached hydrogen (secondary N) is 1. The van der Waals surface area contributed by atoms with E-state index >= 15 is 0 Å². The summed E-state index contributed by atoms with van der Waals surface area (Å²) in [6.45, 7) is 2.14. The van der Waals surface area contributed by atoms with Gasteiger partial charge in [-0.2, -0.15) is 18.2 Å². The smallest absolute Gasteiger partial charge is 0.420 e. The number of halogens is 4. The summed E-state index contributed by atoms with van der Waals surface area (Å²) < 4.78 is 52.4. The van der Waals surface area contributed by atoms with Crippen molar-refractivity contribution >= 4 is 40.1 Å². The lowest BCUT2D eigenvalue weighted by molar-refractivity contribution is -0.136. The van der Waals surface area contributed by atoms with E-state index in [1.54, 1.807) is 11.6 Å². The molecule has 1 aromatic carbocycles. The van der Waals surface area contributed by atoms with Gasteiger partial charge in [-0.3, -0.25) is 0 Å². The highest BCUT2D eigenvalue weighted by molar-refractivity contribution is 7.13. The number of anilines is 1. The first kappa shape index (κ1) is 18.2. The molecular formula is C17H14ClF3N4O2S. The molecule has 4 heterocycles. The molecule has 5 rings (SSSR count). The Labute approximate surface area is 166 Å². The van der Waals surface area contributed by atoms with Gasteiger partial charge in [-0.25, -0.2) is 4.98 Å². The van der Waals surface area contributed by atoms with E-state index in [1.165, 1.54) is 17.4 Å². The number of fused-ring (bicyclic) bond motifs is 3. The maximum absolute atomic E-state index is 13.7. The summed E-state index contributed by atoms with van der Waals surface area (Å²) in [6, 6.07) is 1.55. The van der Waals surface area contributed by atoms with Crippen LogP contribution in [0.3, 0.4) is 0 Å². The quantitative estimate of drug-likeness (QED) is 0.667. The van der Waals surface area contributed by atoms with E-state index in [4.69, 9.17) is 20.8 Å². The SMILES string of the molecule is FC(F)(F)c1c(Cl)cc(-c2nccs2)c2oc(N3CC4COCC(C3)N4)nc12. The van der Waals surface area contributed by atoms with Crippen molar-refractivity contribution in [2.24, 2.45) is 0 Å². The second-order valence-electron chi connectivity index (χ2n) is 6.79. The molecule has 6 nitrogen and oxygen atoms in total. The fraction of sp³-hybridized carbons (Fsp3) is 0.412. The van der Waals surface area contributed by atoms with Crippen LogP contribution in [0.1, 0.15) is 5.56 Å². The lowest BCUT2D eigenvalue weighted by Gasteiger charge is -2.41. The first-order valence-electron chi connectivity index (χ1n) is 8.59. The molecule has 1 N–H and O–H groups in total. The van der Waals surface area contributed by atoms with Crippen LogP contribution >= 0.6 is 22.9 Å². The predicted molar refractivity (Wildman–Crippen MR) is 98.9 cm³/mol. The van der Waals surface area contributed by atoms with Gasteiger partial charge in [0, 0.05) is 36.8 Å². The topological polar surface area (TPSA) is 63.4 Å². The minimum Gasteiger partial charge on any atom is -0.423 e. The number of oxazole rings is 1. The van der Waals surface area contributed by atoms with E-state index in [1.807, 2.05) is 4.90 Å². The maximum atomic E-state index is 13.7. The summed E-state index contributed by atoms with van der Waals surface area (Å²) in [7, 11) is 0. The number of nitrogens with zero attached hydrogens (tertiary/aromatic N) is 3. The number of piperazine rings is 1. The molecule has 0 amide bonds. The minimum atomic E-state index is -4.65. The first-order valence-corrected chi connectivity index (χ1v) is 9.85. The van der Waals surface area contributed by atoms with Gasteiger partial charge in [0.05, 0.1) is 23.8 Å². The zero-order valence-corrected chi connectivity index (χ0v) is 15.9. The molecule has 0 saturated carbocycles. The molecule has 2 aromatic heterocycles. The summed E-state index contributed by atoms with van der Waals surface area (Å²) in [6.07, 6.45) is -3.08. The largest absolute Gasteiger partial charge is 0.423 e. The van der Waals surface area contributed by atoms with E-state index in [-0.39, 0.29) is 29.2 Å². The van der Waals surface area contributed by atoms with Gasteiger partial charge >= 0.3 is 6.18 Å². The van der Waals surface area contributed by atoms with Gasteiger partial charge in [0.25, 0.3) is 6.01 Å². The highest BCUT2D eigenvalue weighted by Gasteiger charge is 2.39. The number of benzene rings is 1. The monoisotopic (exact) mass is 430 g/mol. The average Bonchev–Trinajstić information content (AvgIpc) is 3.29. The Hall–Kier alpha value is -1.88. The van der Waals surface area contributed by atoms with Crippen LogP contribution < -0.4 is 10.2 Å². The Kier molecular flexibility index (Phi) is 4.27. The number of aromatic nitrogens is 2. The lowest BCUT2D eigenvalue weighted by Crippen LogP contribution is -2.63. The number of ether oxygens (including phenoxy) is 1. The third-order valence-electron chi connectivity index (χ3n) is 4.81. The van der Waals surface area contributed by atoms with Crippen LogP contribution in [0.4, 0.5) is 19.2 Å². The maximum Gasteiger partial charge on any atom is 0.420 e. The van der Waals surface area contributed by atoms with Crippen molar-refractivity contribution in [3.63, 3.8) is 0 Å². The fourth-order valence-corrected chi connectivity index (χ4v) is 4.67. The van der Waals surface area contributed by atoms with Crippen molar-refractivity contribution in [1.29, 1.82) is 0 Å². The Morgan fingerprint density at radius 3 is 2.64 bits per heavy atom. The Bertz CT molecular complexity index is 1010. The van der Waals surface area contributed by atoms with Gasteiger partial charge in [-0.1, -0.05) is 11.6 Å². The molecule has 2 bridgehead atoms. The summed E-state index contributed by atoms with van der Waals surface area (Å²) >= 11 is 7.31. The van der Waals surface area contributed by atoms with E-state index in [0.717, 1.165) is 0 Å². The summed E-state index contributed by atoms with van der Waals surface area (Å²) in [5, 5.41) is 5.26. The van der Waals surface area contributed by atoms with Crippen LogP contribution in [0.5, 0.6) is 0 Å². The van der Waals surface area contributed by atoms with Crippen LogP contribution in [0, 0.1) is 0 Å². The second-order valence-corrected chi connectivity index (χ2v) is 8.09. The average molecular weight is 431 g/mol.